The van der Waals surface area contributed by atoms with Crippen molar-refractivity contribution in [3.05, 3.63) is 29.8 Å². The molecular weight excluding hydrogens is 386 g/mol. The molecule has 2 saturated heterocycles. The summed E-state index contributed by atoms with van der Waals surface area (Å²) in [6, 6.07) is 7.98. The van der Waals surface area contributed by atoms with E-state index in [0.29, 0.717) is 32.4 Å². The van der Waals surface area contributed by atoms with E-state index < -0.39 is 17.0 Å². The van der Waals surface area contributed by atoms with Crippen LogP contribution in [0.5, 0.6) is 5.75 Å². The van der Waals surface area contributed by atoms with Crippen molar-refractivity contribution in [3.8, 4) is 5.75 Å². The Hall–Kier alpha value is -2.12. The number of para-hydroxylation sites is 1. The van der Waals surface area contributed by atoms with Gasteiger partial charge < -0.3 is 24.6 Å². The Morgan fingerprint density at radius 2 is 2.00 bits per heavy atom. The first-order valence-corrected chi connectivity index (χ1v) is 10.8. The average Bonchev–Trinajstić information content (AvgIpc) is 2.71. The Balaban J connectivity index is 1.54. The lowest BCUT2D eigenvalue weighted by Gasteiger charge is -2.58. The number of aliphatic carboxylic acids is 1. The van der Waals surface area contributed by atoms with Crippen molar-refractivity contribution in [1.29, 1.82) is 0 Å². The fourth-order valence-corrected chi connectivity index (χ4v) is 5.41. The van der Waals surface area contributed by atoms with Crippen molar-refractivity contribution in [1.82, 2.24) is 4.90 Å². The highest BCUT2D eigenvalue weighted by Crippen LogP contribution is 2.56. The van der Waals surface area contributed by atoms with E-state index in [1.165, 1.54) is 0 Å². The van der Waals surface area contributed by atoms with Crippen molar-refractivity contribution >= 4 is 11.9 Å². The molecule has 3 aliphatic rings. The zero-order valence-electron chi connectivity index (χ0n) is 17.7. The van der Waals surface area contributed by atoms with E-state index in [0.717, 1.165) is 11.3 Å². The van der Waals surface area contributed by atoms with E-state index in [1.807, 2.05) is 18.2 Å². The van der Waals surface area contributed by atoms with Crippen LogP contribution in [-0.4, -0.2) is 58.4 Å². The molecule has 1 aromatic rings. The number of benzene rings is 1. The van der Waals surface area contributed by atoms with Crippen molar-refractivity contribution < 1.29 is 29.3 Å². The molecule has 1 amide bonds. The highest BCUT2D eigenvalue weighted by Gasteiger charge is 2.57. The minimum atomic E-state index is -0.889. The smallest absolute Gasteiger partial charge is 0.303 e. The number of ether oxygens (including phenoxy) is 2. The minimum absolute atomic E-state index is 0.00878. The van der Waals surface area contributed by atoms with Crippen LogP contribution in [0.3, 0.4) is 0 Å². The van der Waals surface area contributed by atoms with E-state index in [9.17, 15) is 14.7 Å². The number of hydrogen-bond donors (Lipinski definition) is 2. The molecule has 0 unspecified atom stereocenters. The summed E-state index contributed by atoms with van der Waals surface area (Å²) in [5.74, 6) is -0.0295. The zero-order chi connectivity index (χ0) is 21.5. The molecule has 0 aliphatic carbocycles. The summed E-state index contributed by atoms with van der Waals surface area (Å²) in [4.78, 5) is 25.2. The topological polar surface area (TPSA) is 96.3 Å². The average molecular weight is 418 g/mol. The van der Waals surface area contributed by atoms with Gasteiger partial charge in [0.1, 0.15) is 11.4 Å². The van der Waals surface area contributed by atoms with E-state index in [2.05, 4.69) is 19.9 Å². The van der Waals surface area contributed by atoms with Crippen molar-refractivity contribution in [2.45, 2.75) is 63.8 Å². The van der Waals surface area contributed by atoms with E-state index in [1.54, 1.807) is 4.90 Å². The molecule has 3 heterocycles. The van der Waals surface area contributed by atoms with Crippen LogP contribution in [0, 0.1) is 11.3 Å². The molecule has 2 N–H and O–H groups in total. The first kappa shape index (κ1) is 21.1. The number of carboxylic acid groups (broad SMARTS) is 1. The molecule has 30 heavy (non-hydrogen) atoms. The Morgan fingerprint density at radius 1 is 1.23 bits per heavy atom. The van der Waals surface area contributed by atoms with Gasteiger partial charge in [0.15, 0.2) is 0 Å². The number of aliphatic hydroxyl groups is 1. The Kier molecular flexibility index (Phi) is 5.53. The van der Waals surface area contributed by atoms with Gasteiger partial charge in [-0.15, -0.1) is 0 Å². The summed E-state index contributed by atoms with van der Waals surface area (Å²) in [7, 11) is 0. The standard InChI is InChI=1S/C23H31NO6/c1-22(2)16-12-23(14-25)13-24(19(26)8-5-9-20(27)28)11-10-18(23)29-21(16)15-6-3-4-7-17(15)30-22/h3-4,6-7,16,18,21,25H,5,8-14H2,1-2H3,(H,27,28)/t16-,18-,21+,23+/m1/s1. The van der Waals surface area contributed by atoms with Gasteiger partial charge in [-0.3, -0.25) is 9.59 Å². The van der Waals surface area contributed by atoms with Crippen LogP contribution >= 0.6 is 0 Å². The van der Waals surface area contributed by atoms with Gasteiger partial charge in [-0.25, -0.2) is 0 Å². The van der Waals surface area contributed by atoms with E-state index in [-0.39, 0.29) is 43.5 Å². The Bertz CT molecular complexity index is 824. The molecule has 0 saturated carbocycles. The van der Waals surface area contributed by atoms with Crippen LogP contribution in [0.1, 0.15) is 57.6 Å². The third-order valence-electron chi connectivity index (χ3n) is 7.09. The monoisotopic (exact) mass is 417 g/mol. The second-order valence-electron chi connectivity index (χ2n) is 9.47. The molecule has 0 radical (unpaired) electrons. The summed E-state index contributed by atoms with van der Waals surface area (Å²) in [5, 5.41) is 19.3. The zero-order valence-corrected chi connectivity index (χ0v) is 17.7. The predicted octanol–water partition coefficient (Wildman–Crippen LogP) is 2.77. The van der Waals surface area contributed by atoms with Gasteiger partial charge >= 0.3 is 5.97 Å². The van der Waals surface area contributed by atoms with Gasteiger partial charge in [0.05, 0.1) is 18.8 Å². The molecule has 4 atom stereocenters. The van der Waals surface area contributed by atoms with E-state index in [4.69, 9.17) is 14.6 Å². The van der Waals surface area contributed by atoms with Crippen LogP contribution in [0.25, 0.3) is 0 Å². The number of fused-ring (bicyclic) bond motifs is 4. The van der Waals surface area contributed by atoms with Crippen molar-refractivity contribution in [2.24, 2.45) is 11.3 Å². The maximum absolute atomic E-state index is 12.7. The lowest BCUT2D eigenvalue weighted by Crippen LogP contribution is -2.62. The van der Waals surface area contributed by atoms with Crippen LogP contribution in [0.2, 0.25) is 0 Å². The van der Waals surface area contributed by atoms with Gasteiger partial charge in [0, 0.05) is 42.8 Å². The largest absolute Gasteiger partial charge is 0.487 e. The van der Waals surface area contributed by atoms with Crippen LogP contribution < -0.4 is 4.74 Å². The van der Waals surface area contributed by atoms with Gasteiger partial charge in [0.2, 0.25) is 5.91 Å². The Labute approximate surface area is 177 Å². The first-order valence-electron chi connectivity index (χ1n) is 10.8. The minimum Gasteiger partial charge on any atom is -0.487 e. The normalized spacial score (nSPS) is 31.7. The van der Waals surface area contributed by atoms with Gasteiger partial charge in [0.25, 0.3) is 0 Å². The van der Waals surface area contributed by atoms with E-state index >= 15 is 0 Å². The van der Waals surface area contributed by atoms with Crippen LogP contribution in [0.4, 0.5) is 0 Å². The van der Waals surface area contributed by atoms with Gasteiger partial charge in [-0.1, -0.05) is 18.2 Å². The fourth-order valence-electron chi connectivity index (χ4n) is 5.41. The lowest BCUT2D eigenvalue weighted by molar-refractivity contribution is -0.231. The molecule has 1 aromatic carbocycles. The summed E-state index contributed by atoms with van der Waals surface area (Å²) < 4.78 is 12.9. The number of rotatable bonds is 5. The number of piperidine rings is 1. The number of likely N-dealkylation sites (tertiary alicyclic amines) is 1. The van der Waals surface area contributed by atoms with Crippen molar-refractivity contribution in [2.75, 3.05) is 19.7 Å². The predicted molar refractivity (Wildman–Crippen MR) is 109 cm³/mol. The third-order valence-corrected chi connectivity index (χ3v) is 7.09. The number of hydrogen-bond acceptors (Lipinski definition) is 5. The summed E-state index contributed by atoms with van der Waals surface area (Å²) >= 11 is 0. The number of carboxylic acids is 1. The SMILES string of the molecule is CC1(C)Oc2ccccc2[C@@H]2O[C@@H]3CCN(C(=O)CCCC(=O)O)C[C@]3(CO)C[C@H]21. The molecule has 7 heteroatoms. The molecule has 3 aliphatic heterocycles. The summed E-state index contributed by atoms with van der Waals surface area (Å²) in [5.41, 5.74) is 0.0647. The maximum atomic E-state index is 12.7. The van der Waals surface area contributed by atoms with Gasteiger partial charge in [-0.2, -0.15) is 0 Å². The molecule has 0 spiro atoms. The third kappa shape index (κ3) is 3.69. The second kappa shape index (κ2) is 7.85. The van der Waals surface area contributed by atoms with Crippen LogP contribution in [-0.2, 0) is 14.3 Å². The van der Waals surface area contributed by atoms with Crippen molar-refractivity contribution in [3.63, 3.8) is 0 Å². The second-order valence-corrected chi connectivity index (χ2v) is 9.47. The Morgan fingerprint density at radius 3 is 2.73 bits per heavy atom. The molecule has 4 rings (SSSR count). The number of nitrogens with zero attached hydrogens (tertiary/aromatic N) is 1. The summed E-state index contributed by atoms with van der Waals surface area (Å²) in [6.45, 7) is 5.07. The molecule has 0 bridgehead atoms. The molecule has 0 aromatic heterocycles. The number of carbonyl (C=O) groups excluding carboxylic acids is 1. The van der Waals surface area contributed by atoms with Gasteiger partial charge in [-0.05, 0) is 39.2 Å². The molecule has 7 nitrogen and oxygen atoms in total. The highest BCUT2D eigenvalue weighted by atomic mass is 16.5. The molecular formula is C23H31NO6. The van der Waals surface area contributed by atoms with Crippen LogP contribution in [0.15, 0.2) is 24.3 Å². The number of carbonyl (C=O) groups is 2. The molecule has 2 fully saturated rings. The quantitative estimate of drug-likeness (QED) is 0.765. The number of aliphatic hydroxyl groups excluding tert-OH is 1. The maximum Gasteiger partial charge on any atom is 0.303 e. The highest BCUT2D eigenvalue weighted by molar-refractivity contribution is 5.77. The fraction of sp³-hybridized carbons (Fsp3) is 0.652. The lowest BCUT2D eigenvalue weighted by atomic mass is 9.63. The first-order chi connectivity index (χ1) is 14.3. The number of amides is 1. The summed E-state index contributed by atoms with van der Waals surface area (Å²) in [6.07, 6.45) is 1.69. The molecule has 164 valence electrons.